The summed E-state index contributed by atoms with van der Waals surface area (Å²) in [6, 6.07) is 1.95. The normalized spacial score (nSPS) is 13.2. The molecule has 1 atom stereocenters. The molecule has 0 amide bonds. The lowest BCUT2D eigenvalue weighted by atomic mass is 10.1. The van der Waals surface area contributed by atoms with Crippen molar-refractivity contribution in [2.75, 3.05) is 6.54 Å². The van der Waals surface area contributed by atoms with Crippen molar-refractivity contribution in [3.05, 3.63) is 24.3 Å². The van der Waals surface area contributed by atoms with E-state index in [0.29, 0.717) is 5.92 Å². The van der Waals surface area contributed by atoms with Crippen molar-refractivity contribution in [1.82, 2.24) is 14.5 Å². The van der Waals surface area contributed by atoms with E-state index in [2.05, 4.69) is 21.5 Å². The van der Waals surface area contributed by atoms with Crippen LogP contribution in [0.15, 0.2) is 18.5 Å². The molecule has 2 aromatic heterocycles. The smallest absolute Gasteiger partial charge is 0.109 e. The molecule has 2 aromatic rings. The molecule has 0 saturated heterocycles. The summed E-state index contributed by atoms with van der Waals surface area (Å²) >= 11 is 0. The van der Waals surface area contributed by atoms with E-state index in [1.807, 2.05) is 19.3 Å². The molecule has 0 aromatic carbocycles. The third-order valence-electron chi connectivity index (χ3n) is 3.04. The molecule has 0 fully saturated rings. The summed E-state index contributed by atoms with van der Waals surface area (Å²) in [5.74, 6) is 1.67. The van der Waals surface area contributed by atoms with Gasteiger partial charge >= 0.3 is 0 Å². The van der Waals surface area contributed by atoms with Crippen LogP contribution < -0.4 is 5.73 Å². The van der Waals surface area contributed by atoms with Gasteiger partial charge in [-0.1, -0.05) is 6.92 Å². The average molecular weight is 218 g/mol. The molecule has 0 bridgehead atoms. The number of imidazole rings is 1. The van der Waals surface area contributed by atoms with Crippen LogP contribution in [-0.2, 0) is 13.5 Å². The van der Waals surface area contributed by atoms with Crippen molar-refractivity contribution in [1.29, 1.82) is 0 Å². The van der Waals surface area contributed by atoms with Crippen LogP contribution in [0.2, 0.25) is 0 Å². The zero-order valence-corrected chi connectivity index (χ0v) is 9.85. The maximum atomic E-state index is 5.61. The van der Waals surface area contributed by atoms with E-state index in [9.17, 15) is 0 Å². The second-order valence-electron chi connectivity index (χ2n) is 4.33. The van der Waals surface area contributed by atoms with Crippen molar-refractivity contribution in [3.8, 4) is 0 Å². The Hall–Kier alpha value is -1.42. The Bertz CT molecular complexity index is 475. The molecule has 2 rings (SSSR count). The Morgan fingerprint density at radius 2 is 2.31 bits per heavy atom. The fourth-order valence-electron chi connectivity index (χ4n) is 1.80. The lowest BCUT2D eigenvalue weighted by Gasteiger charge is -2.07. The zero-order chi connectivity index (χ0) is 11.5. The number of rotatable bonds is 4. The number of pyridine rings is 1. The average Bonchev–Trinajstić information content (AvgIpc) is 2.64. The van der Waals surface area contributed by atoms with Crippen LogP contribution in [0.25, 0.3) is 11.0 Å². The molecule has 0 radical (unpaired) electrons. The Morgan fingerprint density at radius 3 is 3.00 bits per heavy atom. The van der Waals surface area contributed by atoms with E-state index in [1.54, 1.807) is 6.20 Å². The van der Waals surface area contributed by atoms with Crippen molar-refractivity contribution in [2.45, 2.75) is 19.8 Å². The lowest BCUT2D eigenvalue weighted by molar-refractivity contribution is 0.531. The maximum absolute atomic E-state index is 5.61. The Kier molecular flexibility index (Phi) is 3.19. The summed E-state index contributed by atoms with van der Waals surface area (Å²) in [5, 5.41) is 0. The minimum Gasteiger partial charge on any atom is -0.330 e. The first-order chi connectivity index (χ1) is 7.72. The third kappa shape index (κ3) is 2.07. The highest BCUT2D eigenvalue weighted by molar-refractivity contribution is 5.74. The summed E-state index contributed by atoms with van der Waals surface area (Å²) in [6.07, 6.45) is 5.70. The Morgan fingerprint density at radius 1 is 1.50 bits per heavy atom. The van der Waals surface area contributed by atoms with E-state index < -0.39 is 0 Å². The summed E-state index contributed by atoms with van der Waals surface area (Å²) in [5.41, 5.74) is 7.73. The molecule has 86 valence electrons. The largest absolute Gasteiger partial charge is 0.330 e. The van der Waals surface area contributed by atoms with Gasteiger partial charge in [0, 0.05) is 19.7 Å². The number of hydrogen-bond acceptors (Lipinski definition) is 3. The summed E-state index contributed by atoms with van der Waals surface area (Å²) in [4.78, 5) is 8.72. The first-order valence-corrected chi connectivity index (χ1v) is 5.67. The first kappa shape index (κ1) is 11.1. The Labute approximate surface area is 95.5 Å². The van der Waals surface area contributed by atoms with Gasteiger partial charge in [-0.2, -0.15) is 0 Å². The van der Waals surface area contributed by atoms with Crippen LogP contribution in [0.4, 0.5) is 0 Å². The SMILES string of the molecule is CC(CN)CCc1nc2ccncc2n1C. The van der Waals surface area contributed by atoms with E-state index in [4.69, 9.17) is 5.73 Å². The zero-order valence-electron chi connectivity index (χ0n) is 9.85. The number of hydrogen-bond donors (Lipinski definition) is 1. The van der Waals surface area contributed by atoms with E-state index >= 15 is 0 Å². The van der Waals surface area contributed by atoms with E-state index in [1.165, 1.54) is 0 Å². The second-order valence-corrected chi connectivity index (χ2v) is 4.33. The van der Waals surface area contributed by atoms with Crippen molar-refractivity contribution >= 4 is 11.0 Å². The molecular formula is C12H18N4. The summed E-state index contributed by atoms with van der Waals surface area (Å²) < 4.78 is 2.12. The second kappa shape index (κ2) is 4.61. The maximum Gasteiger partial charge on any atom is 0.109 e. The van der Waals surface area contributed by atoms with Gasteiger partial charge in [-0.15, -0.1) is 0 Å². The van der Waals surface area contributed by atoms with Crippen molar-refractivity contribution in [2.24, 2.45) is 18.7 Å². The molecule has 4 heteroatoms. The van der Waals surface area contributed by atoms with Crippen LogP contribution >= 0.6 is 0 Å². The monoisotopic (exact) mass is 218 g/mol. The van der Waals surface area contributed by atoms with Crippen LogP contribution in [0.1, 0.15) is 19.2 Å². The molecule has 0 aliphatic rings. The molecule has 0 saturated carbocycles. The molecule has 0 spiro atoms. The van der Waals surface area contributed by atoms with Gasteiger partial charge < -0.3 is 10.3 Å². The number of fused-ring (bicyclic) bond motifs is 1. The summed E-state index contributed by atoms with van der Waals surface area (Å²) in [7, 11) is 2.04. The van der Waals surface area contributed by atoms with Gasteiger partial charge in [-0.05, 0) is 24.9 Å². The fraction of sp³-hybridized carbons (Fsp3) is 0.500. The first-order valence-electron chi connectivity index (χ1n) is 5.67. The van der Waals surface area contributed by atoms with E-state index in [-0.39, 0.29) is 0 Å². The predicted molar refractivity (Wildman–Crippen MR) is 65.0 cm³/mol. The Balaban J connectivity index is 2.21. The third-order valence-corrected chi connectivity index (χ3v) is 3.04. The fourth-order valence-corrected chi connectivity index (χ4v) is 1.80. The molecule has 0 aliphatic carbocycles. The predicted octanol–water partition coefficient (Wildman–Crippen LogP) is 1.50. The highest BCUT2D eigenvalue weighted by Gasteiger charge is 2.08. The van der Waals surface area contributed by atoms with Gasteiger partial charge in [0.1, 0.15) is 5.82 Å². The number of aromatic nitrogens is 3. The summed E-state index contributed by atoms with van der Waals surface area (Å²) in [6.45, 7) is 2.91. The van der Waals surface area contributed by atoms with Gasteiger partial charge in [-0.25, -0.2) is 4.98 Å². The number of nitrogens with two attached hydrogens (primary N) is 1. The van der Waals surface area contributed by atoms with Crippen LogP contribution in [0.5, 0.6) is 0 Å². The molecule has 4 nitrogen and oxygen atoms in total. The topological polar surface area (TPSA) is 56.7 Å². The van der Waals surface area contributed by atoms with Gasteiger partial charge in [0.2, 0.25) is 0 Å². The molecule has 16 heavy (non-hydrogen) atoms. The molecular weight excluding hydrogens is 200 g/mol. The minimum absolute atomic E-state index is 0.554. The standard InChI is InChI=1S/C12H18N4/c1-9(7-13)3-4-12-15-10-5-6-14-8-11(10)16(12)2/h5-6,8-9H,3-4,7,13H2,1-2H3. The quantitative estimate of drug-likeness (QED) is 0.846. The van der Waals surface area contributed by atoms with Gasteiger partial charge in [-0.3, -0.25) is 4.98 Å². The molecule has 1 unspecified atom stereocenters. The van der Waals surface area contributed by atoms with Crippen LogP contribution in [0.3, 0.4) is 0 Å². The van der Waals surface area contributed by atoms with Crippen molar-refractivity contribution < 1.29 is 0 Å². The van der Waals surface area contributed by atoms with Gasteiger partial charge in [0.15, 0.2) is 0 Å². The highest BCUT2D eigenvalue weighted by atomic mass is 15.1. The number of nitrogens with zero attached hydrogens (tertiary/aromatic N) is 3. The highest BCUT2D eigenvalue weighted by Crippen LogP contribution is 2.15. The molecule has 2 N–H and O–H groups in total. The van der Waals surface area contributed by atoms with Crippen LogP contribution in [-0.4, -0.2) is 21.1 Å². The molecule has 0 aliphatic heterocycles. The van der Waals surface area contributed by atoms with Crippen molar-refractivity contribution in [3.63, 3.8) is 0 Å². The van der Waals surface area contributed by atoms with Gasteiger partial charge in [0.05, 0.1) is 17.2 Å². The van der Waals surface area contributed by atoms with E-state index in [0.717, 1.165) is 36.2 Å². The molecule has 2 heterocycles. The number of aryl methyl sites for hydroxylation is 2. The van der Waals surface area contributed by atoms with Crippen LogP contribution in [0, 0.1) is 5.92 Å². The minimum atomic E-state index is 0.554. The van der Waals surface area contributed by atoms with Gasteiger partial charge in [0.25, 0.3) is 0 Å². The lowest BCUT2D eigenvalue weighted by Crippen LogP contribution is -2.12.